The molecule has 3 heteroatoms. The minimum absolute atomic E-state index is 0.109. The van der Waals surface area contributed by atoms with Gasteiger partial charge in [-0.3, -0.25) is 4.79 Å². The van der Waals surface area contributed by atoms with Crippen LogP contribution in [0.1, 0.15) is 34.7 Å². The molecule has 1 aliphatic heterocycles. The topological polar surface area (TPSA) is 33.2 Å². The molecule has 2 heterocycles. The molecule has 30 heavy (non-hydrogen) atoms. The summed E-state index contributed by atoms with van der Waals surface area (Å²) >= 11 is 0. The van der Waals surface area contributed by atoms with Gasteiger partial charge >= 0.3 is 0 Å². The highest BCUT2D eigenvalue weighted by Crippen LogP contribution is 2.30. The number of likely N-dealkylation sites (tertiary alicyclic amines) is 1. The molecule has 3 nitrogen and oxygen atoms in total. The Morgan fingerprint density at radius 1 is 0.800 bits per heavy atom. The molecule has 0 bridgehead atoms. The number of fused-ring (bicyclic) bond motifs is 1. The number of pyridine rings is 1. The molecule has 0 aliphatic carbocycles. The molecule has 1 fully saturated rings. The molecular weight excluding hydrogens is 368 g/mol. The number of rotatable bonds is 3. The minimum atomic E-state index is 0.109. The van der Waals surface area contributed by atoms with Crippen molar-refractivity contribution >= 4 is 16.8 Å². The van der Waals surface area contributed by atoms with Crippen molar-refractivity contribution in [2.45, 2.75) is 18.8 Å². The van der Waals surface area contributed by atoms with E-state index in [2.05, 4.69) is 30.3 Å². The van der Waals surface area contributed by atoms with E-state index in [-0.39, 0.29) is 5.91 Å². The lowest BCUT2D eigenvalue weighted by atomic mass is 9.89. The number of para-hydroxylation sites is 1. The highest BCUT2D eigenvalue weighted by atomic mass is 16.2. The van der Waals surface area contributed by atoms with Crippen molar-refractivity contribution in [3.8, 4) is 11.3 Å². The SMILES string of the molecule is O=C(c1cc(-c2ccccc2)nc2ccccc12)N1CCC(c2ccccc2)CC1. The highest BCUT2D eigenvalue weighted by molar-refractivity contribution is 6.07. The second kappa shape index (κ2) is 8.11. The summed E-state index contributed by atoms with van der Waals surface area (Å²) in [5.41, 5.74) is 4.86. The first-order valence-electron chi connectivity index (χ1n) is 10.6. The Morgan fingerprint density at radius 2 is 1.43 bits per heavy atom. The zero-order chi connectivity index (χ0) is 20.3. The summed E-state index contributed by atoms with van der Waals surface area (Å²) in [6, 6.07) is 30.6. The minimum Gasteiger partial charge on any atom is -0.339 e. The lowest BCUT2D eigenvalue weighted by Crippen LogP contribution is -2.38. The van der Waals surface area contributed by atoms with Crippen LogP contribution >= 0.6 is 0 Å². The van der Waals surface area contributed by atoms with Gasteiger partial charge in [0.05, 0.1) is 16.8 Å². The van der Waals surface area contributed by atoms with Gasteiger partial charge in [-0.2, -0.15) is 0 Å². The molecule has 148 valence electrons. The quantitative estimate of drug-likeness (QED) is 0.433. The first kappa shape index (κ1) is 18.6. The number of carbonyl (C=O) groups is 1. The molecule has 1 amide bonds. The molecule has 3 aromatic carbocycles. The largest absolute Gasteiger partial charge is 0.339 e. The predicted molar refractivity (Wildman–Crippen MR) is 121 cm³/mol. The number of hydrogen-bond donors (Lipinski definition) is 0. The summed E-state index contributed by atoms with van der Waals surface area (Å²) in [6.45, 7) is 1.57. The number of amides is 1. The summed E-state index contributed by atoms with van der Waals surface area (Å²) in [7, 11) is 0. The van der Waals surface area contributed by atoms with Crippen LogP contribution in [-0.2, 0) is 0 Å². The van der Waals surface area contributed by atoms with Crippen LogP contribution in [0.3, 0.4) is 0 Å². The molecule has 0 saturated carbocycles. The molecule has 5 rings (SSSR count). The maximum Gasteiger partial charge on any atom is 0.254 e. The van der Waals surface area contributed by atoms with E-state index in [0.29, 0.717) is 5.92 Å². The molecule has 0 unspecified atom stereocenters. The van der Waals surface area contributed by atoms with Crippen molar-refractivity contribution in [2.24, 2.45) is 0 Å². The fourth-order valence-corrected chi connectivity index (χ4v) is 4.42. The summed E-state index contributed by atoms with van der Waals surface area (Å²) in [6.07, 6.45) is 2.01. The summed E-state index contributed by atoms with van der Waals surface area (Å²) < 4.78 is 0. The fraction of sp³-hybridized carbons (Fsp3) is 0.185. The summed E-state index contributed by atoms with van der Waals surface area (Å²) in [5, 5.41) is 0.923. The number of piperidine rings is 1. The average Bonchev–Trinajstić information content (AvgIpc) is 2.84. The fourth-order valence-electron chi connectivity index (χ4n) is 4.42. The zero-order valence-electron chi connectivity index (χ0n) is 16.9. The number of benzene rings is 3. The molecule has 1 saturated heterocycles. The van der Waals surface area contributed by atoms with Crippen LogP contribution in [-0.4, -0.2) is 28.9 Å². The third-order valence-corrected chi connectivity index (χ3v) is 6.07. The van der Waals surface area contributed by atoms with E-state index in [9.17, 15) is 4.79 Å². The van der Waals surface area contributed by atoms with Gasteiger partial charge in [-0.1, -0.05) is 78.9 Å². The lowest BCUT2D eigenvalue weighted by Gasteiger charge is -2.32. The van der Waals surface area contributed by atoms with Crippen molar-refractivity contribution in [1.29, 1.82) is 0 Å². The van der Waals surface area contributed by atoms with Gasteiger partial charge in [0.1, 0.15) is 0 Å². The third kappa shape index (κ3) is 3.59. The first-order chi connectivity index (χ1) is 14.8. The standard InChI is InChI=1S/C27H24N2O/c30-27(29-17-15-21(16-18-29)20-9-3-1-4-10-20)24-19-26(22-11-5-2-6-12-22)28-25-14-8-7-13-23(24)25/h1-14,19,21H,15-18H2. The van der Waals surface area contributed by atoms with Crippen LogP contribution in [0.25, 0.3) is 22.2 Å². The van der Waals surface area contributed by atoms with Gasteiger partial charge in [-0.05, 0) is 36.5 Å². The predicted octanol–water partition coefficient (Wildman–Crippen LogP) is 5.92. The molecule has 0 atom stereocenters. The Labute approximate surface area is 177 Å². The van der Waals surface area contributed by atoms with Gasteiger partial charge in [0.2, 0.25) is 0 Å². The van der Waals surface area contributed by atoms with Crippen molar-refractivity contribution in [3.05, 3.63) is 102 Å². The monoisotopic (exact) mass is 392 g/mol. The maximum absolute atomic E-state index is 13.5. The molecule has 0 N–H and O–H groups in total. The Balaban J connectivity index is 1.45. The number of hydrogen-bond acceptors (Lipinski definition) is 2. The van der Waals surface area contributed by atoms with Gasteiger partial charge in [0, 0.05) is 24.0 Å². The molecular formula is C27H24N2O. The van der Waals surface area contributed by atoms with E-state index in [0.717, 1.165) is 53.7 Å². The Bertz CT molecular complexity index is 1160. The van der Waals surface area contributed by atoms with Gasteiger partial charge < -0.3 is 4.90 Å². The number of carbonyl (C=O) groups excluding carboxylic acids is 1. The van der Waals surface area contributed by atoms with Gasteiger partial charge in [-0.25, -0.2) is 4.98 Å². The maximum atomic E-state index is 13.5. The number of nitrogens with zero attached hydrogens (tertiary/aromatic N) is 2. The van der Waals surface area contributed by atoms with Crippen LogP contribution in [0.4, 0.5) is 0 Å². The summed E-state index contributed by atoms with van der Waals surface area (Å²) in [5.74, 6) is 0.640. The molecule has 0 radical (unpaired) electrons. The van der Waals surface area contributed by atoms with E-state index in [1.807, 2.05) is 65.6 Å². The van der Waals surface area contributed by atoms with E-state index in [1.54, 1.807) is 0 Å². The molecule has 1 aromatic heterocycles. The van der Waals surface area contributed by atoms with E-state index in [1.165, 1.54) is 5.56 Å². The zero-order valence-corrected chi connectivity index (χ0v) is 16.9. The van der Waals surface area contributed by atoms with Crippen molar-refractivity contribution in [3.63, 3.8) is 0 Å². The second-order valence-electron chi connectivity index (χ2n) is 7.92. The van der Waals surface area contributed by atoms with Crippen LogP contribution in [0.5, 0.6) is 0 Å². The Kier molecular flexibility index (Phi) is 5.02. The highest BCUT2D eigenvalue weighted by Gasteiger charge is 2.26. The lowest BCUT2D eigenvalue weighted by molar-refractivity contribution is 0.0715. The van der Waals surface area contributed by atoms with E-state index >= 15 is 0 Å². The Morgan fingerprint density at radius 3 is 2.17 bits per heavy atom. The van der Waals surface area contributed by atoms with Gasteiger partial charge in [-0.15, -0.1) is 0 Å². The normalized spacial score (nSPS) is 14.7. The Hall–Kier alpha value is -3.46. The number of aromatic nitrogens is 1. The van der Waals surface area contributed by atoms with Crippen LogP contribution in [0.15, 0.2) is 91.0 Å². The van der Waals surface area contributed by atoms with Gasteiger partial charge in [0.25, 0.3) is 5.91 Å². The van der Waals surface area contributed by atoms with Gasteiger partial charge in [0.15, 0.2) is 0 Å². The summed E-state index contributed by atoms with van der Waals surface area (Å²) in [4.78, 5) is 20.4. The van der Waals surface area contributed by atoms with E-state index in [4.69, 9.17) is 4.98 Å². The van der Waals surface area contributed by atoms with Crippen molar-refractivity contribution in [1.82, 2.24) is 9.88 Å². The third-order valence-electron chi connectivity index (χ3n) is 6.07. The van der Waals surface area contributed by atoms with Crippen LogP contribution in [0, 0.1) is 0 Å². The van der Waals surface area contributed by atoms with Crippen molar-refractivity contribution < 1.29 is 4.79 Å². The van der Waals surface area contributed by atoms with Crippen LogP contribution < -0.4 is 0 Å². The van der Waals surface area contributed by atoms with E-state index < -0.39 is 0 Å². The van der Waals surface area contributed by atoms with Crippen molar-refractivity contribution in [2.75, 3.05) is 13.1 Å². The smallest absolute Gasteiger partial charge is 0.254 e. The van der Waals surface area contributed by atoms with Crippen LogP contribution in [0.2, 0.25) is 0 Å². The molecule has 1 aliphatic rings. The molecule has 0 spiro atoms. The second-order valence-corrected chi connectivity index (χ2v) is 7.92. The first-order valence-corrected chi connectivity index (χ1v) is 10.6. The molecule has 4 aromatic rings. The average molecular weight is 393 g/mol.